The number of piperidine rings is 1. The van der Waals surface area contributed by atoms with Crippen molar-refractivity contribution in [2.75, 3.05) is 13.1 Å². The topological polar surface area (TPSA) is 72.4 Å². The Hall–Kier alpha value is -2.13. The Morgan fingerprint density at radius 3 is 2.42 bits per heavy atom. The van der Waals surface area contributed by atoms with Gasteiger partial charge in [0.25, 0.3) is 0 Å². The molecule has 140 valence electrons. The van der Waals surface area contributed by atoms with Crippen molar-refractivity contribution in [1.29, 1.82) is 0 Å². The Kier molecular flexibility index (Phi) is 5.19. The van der Waals surface area contributed by atoms with E-state index < -0.39 is 26.6 Å². The van der Waals surface area contributed by atoms with Crippen LogP contribution in [0.4, 0.5) is 8.78 Å². The van der Waals surface area contributed by atoms with Gasteiger partial charge < -0.3 is 4.74 Å². The average molecular weight is 383 g/mol. The normalized spacial score (nSPS) is 16.6. The number of hydrogen-bond acceptors (Lipinski definition) is 5. The fourth-order valence-corrected chi connectivity index (χ4v) is 4.44. The number of aryl methyl sites for hydroxylation is 2. The number of hydrogen-bond donors (Lipinski definition) is 0. The first-order valence-corrected chi connectivity index (χ1v) is 9.64. The zero-order valence-electron chi connectivity index (χ0n) is 14.4. The van der Waals surface area contributed by atoms with Gasteiger partial charge in [0.1, 0.15) is 28.5 Å². The fraction of sp³-hybridized carbons (Fsp3) is 0.412. The van der Waals surface area contributed by atoms with Crippen LogP contribution in [-0.4, -0.2) is 41.9 Å². The molecule has 0 spiro atoms. The van der Waals surface area contributed by atoms with Gasteiger partial charge in [-0.1, -0.05) is 0 Å². The van der Waals surface area contributed by atoms with Crippen LogP contribution in [0.25, 0.3) is 0 Å². The molecule has 0 atom stereocenters. The summed E-state index contributed by atoms with van der Waals surface area (Å²) in [6.07, 6.45) is 0.710. The number of halogens is 2. The van der Waals surface area contributed by atoms with Crippen molar-refractivity contribution >= 4 is 10.0 Å². The molecule has 9 heteroatoms. The summed E-state index contributed by atoms with van der Waals surface area (Å²) in [5.41, 5.74) is 0.791. The molecule has 0 radical (unpaired) electrons. The molecule has 0 unspecified atom stereocenters. The number of benzene rings is 1. The highest BCUT2D eigenvalue weighted by molar-refractivity contribution is 7.89. The summed E-state index contributed by atoms with van der Waals surface area (Å²) in [6, 6.07) is 4.19. The summed E-state index contributed by atoms with van der Waals surface area (Å²) in [5.74, 6) is -0.841. The van der Waals surface area contributed by atoms with E-state index in [4.69, 9.17) is 4.74 Å². The number of aromatic nitrogens is 2. The zero-order valence-corrected chi connectivity index (χ0v) is 15.3. The fourth-order valence-electron chi connectivity index (χ4n) is 2.93. The maximum Gasteiger partial charge on any atom is 0.245 e. The van der Waals surface area contributed by atoms with Gasteiger partial charge in [-0.3, -0.25) is 0 Å². The second-order valence-electron chi connectivity index (χ2n) is 6.19. The van der Waals surface area contributed by atoms with Gasteiger partial charge in [0.15, 0.2) is 0 Å². The molecule has 0 bridgehead atoms. The maximum atomic E-state index is 13.9. The average Bonchev–Trinajstić information content (AvgIpc) is 2.54. The molecule has 1 aromatic carbocycles. The number of ether oxygens (including phenoxy) is 1. The zero-order chi connectivity index (χ0) is 18.9. The molecular formula is C17H19F2N3O3S. The summed E-state index contributed by atoms with van der Waals surface area (Å²) in [5, 5.41) is 0. The monoisotopic (exact) mass is 383 g/mol. The van der Waals surface area contributed by atoms with Gasteiger partial charge in [-0.05, 0) is 38.8 Å². The Labute approximate surface area is 150 Å². The Morgan fingerprint density at radius 2 is 1.81 bits per heavy atom. The van der Waals surface area contributed by atoms with Crippen LogP contribution in [0, 0.1) is 25.5 Å². The first-order chi connectivity index (χ1) is 12.3. The minimum absolute atomic E-state index is 0.187. The van der Waals surface area contributed by atoms with E-state index in [2.05, 4.69) is 9.97 Å². The molecule has 1 aliphatic heterocycles. The van der Waals surface area contributed by atoms with Crippen molar-refractivity contribution in [2.45, 2.75) is 37.7 Å². The molecule has 1 fully saturated rings. The molecule has 1 saturated heterocycles. The molecule has 0 aliphatic carbocycles. The largest absolute Gasteiger partial charge is 0.474 e. The minimum atomic E-state index is -4.01. The number of nitrogens with zero attached hydrogens (tertiary/aromatic N) is 3. The molecule has 1 aliphatic rings. The van der Waals surface area contributed by atoms with Crippen LogP contribution in [0.3, 0.4) is 0 Å². The lowest BCUT2D eigenvalue weighted by molar-refractivity contribution is 0.129. The minimum Gasteiger partial charge on any atom is -0.474 e. The van der Waals surface area contributed by atoms with E-state index in [9.17, 15) is 17.2 Å². The van der Waals surface area contributed by atoms with Crippen molar-refractivity contribution in [3.63, 3.8) is 0 Å². The van der Waals surface area contributed by atoms with Gasteiger partial charge >= 0.3 is 0 Å². The highest BCUT2D eigenvalue weighted by atomic mass is 32.2. The van der Waals surface area contributed by atoms with Gasteiger partial charge in [0, 0.05) is 30.9 Å². The summed E-state index contributed by atoms with van der Waals surface area (Å²) in [4.78, 5) is 7.88. The number of sulfonamides is 1. The van der Waals surface area contributed by atoms with E-state index in [-0.39, 0.29) is 19.2 Å². The maximum absolute atomic E-state index is 13.9. The standard InChI is InChI=1S/C17H19F2N3O3S/c1-11-9-17(21-12(2)20-11)25-14-5-7-22(8-6-14)26(23,24)16-4-3-13(18)10-15(16)19/h3-4,9-10,14H,5-8H2,1-2H3. The SMILES string of the molecule is Cc1cc(OC2CCN(S(=O)(=O)c3ccc(F)cc3F)CC2)nc(C)n1. The van der Waals surface area contributed by atoms with Crippen molar-refractivity contribution in [2.24, 2.45) is 0 Å². The number of rotatable bonds is 4. The van der Waals surface area contributed by atoms with Crippen molar-refractivity contribution in [3.8, 4) is 5.88 Å². The van der Waals surface area contributed by atoms with Gasteiger partial charge in [0.05, 0.1) is 0 Å². The molecular weight excluding hydrogens is 364 g/mol. The van der Waals surface area contributed by atoms with E-state index in [1.54, 1.807) is 13.0 Å². The highest BCUT2D eigenvalue weighted by Gasteiger charge is 2.32. The first kappa shape index (κ1) is 18.7. The Bertz CT molecular complexity index is 893. The third-order valence-corrected chi connectivity index (χ3v) is 6.07. The van der Waals surface area contributed by atoms with Crippen LogP contribution >= 0.6 is 0 Å². The molecule has 2 heterocycles. The van der Waals surface area contributed by atoms with Crippen molar-refractivity contribution in [3.05, 3.63) is 47.4 Å². The van der Waals surface area contributed by atoms with Crippen LogP contribution in [0.1, 0.15) is 24.4 Å². The van der Waals surface area contributed by atoms with E-state index in [1.807, 2.05) is 6.92 Å². The summed E-state index contributed by atoms with van der Waals surface area (Å²) < 4.78 is 59.0. The van der Waals surface area contributed by atoms with Crippen LogP contribution in [0.5, 0.6) is 5.88 Å². The van der Waals surface area contributed by atoms with E-state index >= 15 is 0 Å². The molecule has 2 aromatic rings. The smallest absolute Gasteiger partial charge is 0.245 e. The molecule has 0 N–H and O–H groups in total. The lowest BCUT2D eigenvalue weighted by Crippen LogP contribution is -2.42. The molecule has 3 rings (SSSR count). The second-order valence-corrected chi connectivity index (χ2v) is 8.10. The Balaban J connectivity index is 1.67. The van der Waals surface area contributed by atoms with Gasteiger partial charge in [-0.15, -0.1) is 0 Å². The predicted octanol–water partition coefficient (Wildman–Crippen LogP) is 2.60. The van der Waals surface area contributed by atoms with Crippen LogP contribution in [0.2, 0.25) is 0 Å². The van der Waals surface area contributed by atoms with Gasteiger partial charge in [0.2, 0.25) is 15.9 Å². The van der Waals surface area contributed by atoms with Crippen molar-refractivity contribution in [1.82, 2.24) is 14.3 Å². The molecule has 0 amide bonds. The van der Waals surface area contributed by atoms with Crippen molar-refractivity contribution < 1.29 is 21.9 Å². The first-order valence-electron chi connectivity index (χ1n) is 8.20. The van der Waals surface area contributed by atoms with E-state index in [0.29, 0.717) is 30.6 Å². The predicted molar refractivity (Wildman–Crippen MR) is 90.3 cm³/mol. The molecule has 6 nitrogen and oxygen atoms in total. The van der Waals surface area contributed by atoms with E-state index in [1.165, 1.54) is 4.31 Å². The van der Waals surface area contributed by atoms with Gasteiger partial charge in [-0.2, -0.15) is 9.29 Å². The molecule has 0 saturated carbocycles. The summed E-state index contributed by atoms with van der Waals surface area (Å²) >= 11 is 0. The summed E-state index contributed by atoms with van der Waals surface area (Å²) in [6.45, 7) is 3.99. The third kappa shape index (κ3) is 3.99. The summed E-state index contributed by atoms with van der Waals surface area (Å²) in [7, 11) is -4.01. The quantitative estimate of drug-likeness (QED) is 0.812. The second kappa shape index (κ2) is 7.24. The third-order valence-electron chi connectivity index (χ3n) is 4.14. The lowest BCUT2D eigenvalue weighted by atomic mass is 10.1. The van der Waals surface area contributed by atoms with Crippen LogP contribution < -0.4 is 4.74 Å². The molecule has 26 heavy (non-hydrogen) atoms. The molecule has 1 aromatic heterocycles. The van der Waals surface area contributed by atoms with E-state index in [0.717, 1.165) is 17.8 Å². The van der Waals surface area contributed by atoms with Gasteiger partial charge in [-0.25, -0.2) is 22.2 Å². The Morgan fingerprint density at radius 1 is 1.12 bits per heavy atom. The highest BCUT2D eigenvalue weighted by Crippen LogP contribution is 2.25. The van der Waals surface area contributed by atoms with Crippen LogP contribution in [-0.2, 0) is 10.0 Å². The lowest BCUT2D eigenvalue weighted by Gasteiger charge is -2.31. The van der Waals surface area contributed by atoms with Crippen LogP contribution in [0.15, 0.2) is 29.2 Å².